The number of rotatable bonds is 3. The maximum absolute atomic E-state index is 12.1. The third-order valence-corrected chi connectivity index (χ3v) is 3.49. The molecule has 0 radical (unpaired) electrons. The van der Waals surface area contributed by atoms with E-state index in [-0.39, 0.29) is 23.3 Å². The van der Waals surface area contributed by atoms with Crippen LogP contribution in [-0.2, 0) is 0 Å². The Morgan fingerprint density at radius 1 is 1.37 bits per heavy atom. The van der Waals surface area contributed by atoms with Crippen molar-refractivity contribution in [2.75, 3.05) is 7.11 Å². The van der Waals surface area contributed by atoms with E-state index in [0.717, 1.165) is 19.3 Å². The molecule has 0 aliphatic heterocycles. The molecule has 1 aliphatic carbocycles. The summed E-state index contributed by atoms with van der Waals surface area (Å²) in [6, 6.07) is 4.25. The van der Waals surface area contributed by atoms with Gasteiger partial charge in [0.15, 0.2) is 0 Å². The number of phenolic OH excluding ortho intramolecular Hbond substituents is 1. The van der Waals surface area contributed by atoms with E-state index in [4.69, 9.17) is 4.74 Å². The molecule has 2 atom stereocenters. The zero-order valence-corrected chi connectivity index (χ0v) is 10.9. The predicted molar refractivity (Wildman–Crippen MR) is 70.4 cm³/mol. The van der Waals surface area contributed by atoms with Crippen molar-refractivity contribution in [3.8, 4) is 11.5 Å². The number of methoxy groups -OCH3 is 1. The topological polar surface area (TPSA) is 78.8 Å². The number of hydrogen-bond acceptors (Lipinski definition) is 4. The monoisotopic (exact) mass is 265 g/mol. The van der Waals surface area contributed by atoms with E-state index in [1.807, 2.05) is 0 Å². The summed E-state index contributed by atoms with van der Waals surface area (Å²) < 4.78 is 5.03. The first-order valence-electron chi connectivity index (χ1n) is 6.47. The molecule has 2 rings (SSSR count). The van der Waals surface area contributed by atoms with Gasteiger partial charge in [0.05, 0.1) is 24.8 Å². The van der Waals surface area contributed by atoms with Crippen molar-refractivity contribution in [3.05, 3.63) is 23.8 Å². The highest BCUT2D eigenvalue weighted by atomic mass is 16.5. The molecule has 1 saturated carbocycles. The van der Waals surface area contributed by atoms with Crippen LogP contribution in [0.15, 0.2) is 18.2 Å². The maximum atomic E-state index is 12.1. The van der Waals surface area contributed by atoms with Gasteiger partial charge in [-0.3, -0.25) is 4.79 Å². The second kappa shape index (κ2) is 5.93. The Hall–Kier alpha value is -1.75. The first-order chi connectivity index (χ1) is 9.11. The number of benzene rings is 1. The Morgan fingerprint density at radius 2 is 2.11 bits per heavy atom. The highest BCUT2D eigenvalue weighted by Gasteiger charge is 2.25. The van der Waals surface area contributed by atoms with Crippen LogP contribution in [0.3, 0.4) is 0 Å². The first-order valence-corrected chi connectivity index (χ1v) is 6.47. The minimum Gasteiger partial charge on any atom is -0.507 e. The number of hydrogen-bond donors (Lipinski definition) is 3. The molecule has 1 aliphatic rings. The van der Waals surface area contributed by atoms with Gasteiger partial charge in [0.2, 0.25) is 0 Å². The molecular weight excluding hydrogens is 246 g/mol. The lowest BCUT2D eigenvalue weighted by Gasteiger charge is -2.28. The van der Waals surface area contributed by atoms with Crippen molar-refractivity contribution in [1.29, 1.82) is 0 Å². The van der Waals surface area contributed by atoms with Crippen LogP contribution in [0.2, 0.25) is 0 Å². The highest BCUT2D eigenvalue weighted by Crippen LogP contribution is 2.24. The van der Waals surface area contributed by atoms with Crippen LogP contribution >= 0.6 is 0 Å². The number of carbonyl (C=O) groups excluding carboxylic acids is 1. The molecular formula is C14H19NO4. The summed E-state index contributed by atoms with van der Waals surface area (Å²) in [5, 5.41) is 22.3. The lowest BCUT2D eigenvalue weighted by atomic mass is 9.92. The number of aromatic hydroxyl groups is 1. The van der Waals surface area contributed by atoms with Crippen molar-refractivity contribution in [3.63, 3.8) is 0 Å². The summed E-state index contributed by atoms with van der Waals surface area (Å²) in [5.41, 5.74) is 0.164. The summed E-state index contributed by atoms with van der Waals surface area (Å²) in [6.07, 6.45) is 2.93. The molecule has 0 spiro atoms. The molecule has 1 amide bonds. The fourth-order valence-corrected chi connectivity index (χ4v) is 2.35. The van der Waals surface area contributed by atoms with Crippen LogP contribution in [0, 0.1) is 0 Å². The minimum atomic E-state index is -0.509. The Labute approximate surface area is 112 Å². The molecule has 2 unspecified atom stereocenters. The Kier molecular flexibility index (Phi) is 4.27. The second-order valence-corrected chi connectivity index (χ2v) is 4.81. The summed E-state index contributed by atoms with van der Waals surface area (Å²) >= 11 is 0. The van der Waals surface area contributed by atoms with E-state index in [9.17, 15) is 15.0 Å². The number of aliphatic hydroxyl groups is 1. The van der Waals surface area contributed by atoms with Gasteiger partial charge in [-0.05, 0) is 31.0 Å². The van der Waals surface area contributed by atoms with Gasteiger partial charge in [0.25, 0.3) is 5.91 Å². The molecule has 5 heteroatoms. The van der Waals surface area contributed by atoms with Gasteiger partial charge >= 0.3 is 0 Å². The summed E-state index contributed by atoms with van der Waals surface area (Å²) in [6.45, 7) is 0. The van der Waals surface area contributed by atoms with Gasteiger partial charge < -0.3 is 20.3 Å². The van der Waals surface area contributed by atoms with Gasteiger partial charge in [-0.15, -0.1) is 0 Å². The number of amides is 1. The quantitative estimate of drug-likeness (QED) is 0.772. The Morgan fingerprint density at radius 3 is 2.79 bits per heavy atom. The maximum Gasteiger partial charge on any atom is 0.255 e. The van der Waals surface area contributed by atoms with Crippen molar-refractivity contribution in [1.82, 2.24) is 5.32 Å². The zero-order chi connectivity index (χ0) is 13.8. The van der Waals surface area contributed by atoms with Gasteiger partial charge in [0.1, 0.15) is 11.5 Å². The van der Waals surface area contributed by atoms with Crippen LogP contribution < -0.4 is 10.1 Å². The molecule has 1 fully saturated rings. The van der Waals surface area contributed by atoms with E-state index in [1.54, 1.807) is 6.07 Å². The number of aliphatic hydroxyl groups excluding tert-OH is 1. The van der Waals surface area contributed by atoms with Crippen LogP contribution in [0.25, 0.3) is 0 Å². The largest absolute Gasteiger partial charge is 0.507 e. The Bertz CT molecular complexity index is 461. The van der Waals surface area contributed by atoms with E-state index >= 15 is 0 Å². The van der Waals surface area contributed by atoms with E-state index < -0.39 is 6.10 Å². The third-order valence-electron chi connectivity index (χ3n) is 3.49. The molecule has 104 valence electrons. The van der Waals surface area contributed by atoms with Gasteiger partial charge in [-0.1, -0.05) is 12.8 Å². The predicted octanol–water partition coefficient (Wildman–Crippen LogP) is 1.43. The molecule has 1 aromatic carbocycles. The van der Waals surface area contributed by atoms with Crippen molar-refractivity contribution >= 4 is 5.91 Å². The van der Waals surface area contributed by atoms with E-state index in [1.165, 1.54) is 19.2 Å². The molecule has 0 bridgehead atoms. The van der Waals surface area contributed by atoms with Crippen molar-refractivity contribution < 1.29 is 19.7 Å². The van der Waals surface area contributed by atoms with Gasteiger partial charge in [-0.2, -0.15) is 0 Å². The lowest BCUT2D eigenvalue weighted by Crippen LogP contribution is -2.45. The molecule has 1 aromatic rings. The fourth-order valence-electron chi connectivity index (χ4n) is 2.35. The Balaban J connectivity index is 2.10. The number of carbonyl (C=O) groups is 1. The fraction of sp³-hybridized carbons (Fsp3) is 0.500. The molecule has 3 N–H and O–H groups in total. The molecule has 19 heavy (non-hydrogen) atoms. The molecule has 0 heterocycles. The standard InChI is InChI=1S/C14H19NO4/c1-19-9-6-7-12(16)10(8-9)14(18)15-11-4-2-3-5-13(11)17/h6-8,11,13,16-17H,2-5H2,1H3,(H,15,18). The zero-order valence-electron chi connectivity index (χ0n) is 10.9. The van der Waals surface area contributed by atoms with Crippen LogP contribution in [0.4, 0.5) is 0 Å². The number of ether oxygens (including phenoxy) is 1. The lowest BCUT2D eigenvalue weighted by molar-refractivity contribution is 0.0715. The van der Waals surface area contributed by atoms with E-state index in [2.05, 4.69) is 5.32 Å². The summed E-state index contributed by atoms with van der Waals surface area (Å²) in [5.74, 6) is 0.0260. The average Bonchev–Trinajstić information content (AvgIpc) is 2.42. The SMILES string of the molecule is COc1ccc(O)c(C(=O)NC2CCCCC2O)c1. The van der Waals surface area contributed by atoms with E-state index in [0.29, 0.717) is 12.2 Å². The summed E-state index contributed by atoms with van der Waals surface area (Å²) in [4.78, 5) is 12.1. The number of nitrogens with one attached hydrogen (secondary N) is 1. The molecule has 0 aromatic heterocycles. The van der Waals surface area contributed by atoms with Crippen LogP contribution in [0.1, 0.15) is 36.0 Å². The normalized spacial score (nSPS) is 22.8. The molecule has 0 saturated heterocycles. The second-order valence-electron chi connectivity index (χ2n) is 4.81. The number of phenols is 1. The first kappa shape index (κ1) is 13.7. The van der Waals surface area contributed by atoms with Gasteiger partial charge in [-0.25, -0.2) is 0 Å². The van der Waals surface area contributed by atoms with Crippen molar-refractivity contribution in [2.24, 2.45) is 0 Å². The third kappa shape index (κ3) is 3.17. The smallest absolute Gasteiger partial charge is 0.255 e. The molecule has 5 nitrogen and oxygen atoms in total. The highest BCUT2D eigenvalue weighted by molar-refractivity contribution is 5.97. The van der Waals surface area contributed by atoms with Gasteiger partial charge in [0, 0.05) is 0 Å². The summed E-state index contributed by atoms with van der Waals surface area (Å²) in [7, 11) is 1.50. The average molecular weight is 265 g/mol. The van der Waals surface area contributed by atoms with Crippen LogP contribution in [0.5, 0.6) is 11.5 Å². The van der Waals surface area contributed by atoms with Crippen molar-refractivity contribution in [2.45, 2.75) is 37.8 Å². The van der Waals surface area contributed by atoms with Crippen LogP contribution in [-0.4, -0.2) is 35.4 Å². The minimum absolute atomic E-state index is 0.0939.